The lowest BCUT2D eigenvalue weighted by Crippen LogP contribution is -2.48. The smallest absolute Gasteiger partial charge is 0.372 e. The molecule has 3 unspecified atom stereocenters. The number of aryl methyl sites for hydroxylation is 1. The van der Waals surface area contributed by atoms with Crippen LogP contribution in [0.25, 0.3) is 10.9 Å². The van der Waals surface area contributed by atoms with Crippen molar-refractivity contribution in [3.8, 4) is 0 Å². The van der Waals surface area contributed by atoms with E-state index in [1.54, 1.807) is 48.0 Å². The summed E-state index contributed by atoms with van der Waals surface area (Å²) in [4.78, 5) is 35.4. The Bertz CT molecular complexity index is 1330. The van der Waals surface area contributed by atoms with Gasteiger partial charge in [0.15, 0.2) is 0 Å². The van der Waals surface area contributed by atoms with E-state index in [1.165, 1.54) is 13.0 Å². The fraction of sp³-hybridized carbons (Fsp3) is 0.423. The van der Waals surface area contributed by atoms with Gasteiger partial charge >= 0.3 is 6.18 Å². The van der Waals surface area contributed by atoms with E-state index in [9.17, 15) is 22.8 Å². The third-order valence-electron chi connectivity index (χ3n) is 6.56. The Kier molecular flexibility index (Phi) is 6.83. The minimum absolute atomic E-state index is 0.00297. The Morgan fingerprint density at radius 1 is 1.17 bits per heavy atom. The molecule has 0 radical (unpaired) electrons. The van der Waals surface area contributed by atoms with Crippen molar-refractivity contribution in [3.05, 3.63) is 69.3 Å². The number of nitrogens with one attached hydrogen (secondary N) is 1. The van der Waals surface area contributed by atoms with Crippen LogP contribution in [0.1, 0.15) is 54.1 Å². The first-order chi connectivity index (χ1) is 16.8. The largest absolute Gasteiger partial charge is 0.416 e. The number of aromatic nitrogens is 2. The molecule has 2 aromatic carbocycles. The molecule has 1 fully saturated rings. The molecule has 36 heavy (non-hydrogen) atoms. The number of carbonyl (C=O) groups excluding carboxylic acids is 1. The normalized spacial score (nSPS) is 19.4. The molecule has 1 N–H and O–H groups in total. The lowest BCUT2D eigenvalue weighted by Gasteiger charge is -2.35. The van der Waals surface area contributed by atoms with Crippen molar-refractivity contribution in [2.75, 3.05) is 25.0 Å². The molecule has 3 atom stereocenters. The highest BCUT2D eigenvalue weighted by atomic mass is 19.4. The van der Waals surface area contributed by atoms with Crippen LogP contribution < -0.4 is 10.5 Å². The SMILES string of the molecule is Cc1nc2cc(C(F)(F)F)c(C(C)N(C)c3ccc(C(=O)N4CC(C)OC(C)C4)cc3)cc2c(=O)[nH]1. The predicted octanol–water partition coefficient (Wildman–Crippen LogP) is 4.70. The van der Waals surface area contributed by atoms with Gasteiger partial charge in [-0.15, -0.1) is 0 Å². The average Bonchev–Trinajstić information content (AvgIpc) is 2.81. The Morgan fingerprint density at radius 3 is 2.36 bits per heavy atom. The fourth-order valence-corrected chi connectivity index (χ4v) is 4.71. The molecule has 1 saturated heterocycles. The van der Waals surface area contributed by atoms with Gasteiger partial charge in [-0.05, 0) is 69.7 Å². The zero-order valence-corrected chi connectivity index (χ0v) is 20.8. The summed E-state index contributed by atoms with van der Waals surface area (Å²) in [5.74, 6) is 0.129. The topological polar surface area (TPSA) is 78.5 Å². The number of amides is 1. The van der Waals surface area contributed by atoms with E-state index >= 15 is 0 Å². The molecule has 1 aliphatic rings. The number of nitrogens with zero attached hydrogens (tertiary/aromatic N) is 3. The molecule has 0 spiro atoms. The van der Waals surface area contributed by atoms with Gasteiger partial charge in [0.1, 0.15) is 5.82 Å². The Balaban J connectivity index is 1.64. The van der Waals surface area contributed by atoms with Crippen LogP contribution >= 0.6 is 0 Å². The number of rotatable bonds is 4. The van der Waals surface area contributed by atoms with Gasteiger partial charge in [0, 0.05) is 31.4 Å². The lowest BCUT2D eigenvalue weighted by atomic mass is 9.97. The molecule has 2 heterocycles. The highest BCUT2D eigenvalue weighted by Crippen LogP contribution is 2.38. The second kappa shape index (κ2) is 9.57. The molecule has 0 saturated carbocycles. The number of hydrogen-bond acceptors (Lipinski definition) is 5. The van der Waals surface area contributed by atoms with Crippen LogP contribution in [-0.4, -0.2) is 53.1 Å². The average molecular weight is 503 g/mol. The van der Waals surface area contributed by atoms with E-state index < -0.39 is 23.3 Å². The molecular formula is C26H29F3N4O3. The fourth-order valence-electron chi connectivity index (χ4n) is 4.71. The van der Waals surface area contributed by atoms with Gasteiger partial charge in [0.25, 0.3) is 11.5 Å². The van der Waals surface area contributed by atoms with E-state index in [0.717, 1.165) is 6.07 Å². The first-order valence-electron chi connectivity index (χ1n) is 11.7. The van der Waals surface area contributed by atoms with E-state index in [1.807, 2.05) is 13.8 Å². The van der Waals surface area contributed by atoms with Crippen molar-refractivity contribution >= 4 is 22.5 Å². The Hall–Kier alpha value is -3.40. The van der Waals surface area contributed by atoms with Crippen LogP contribution in [-0.2, 0) is 10.9 Å². The summed E-state index contributed by atoms with van der Waals surface area (Å²) in [6, 6.07) is 8.25. The highest BCUT2D eigenvalue weighted by Gasteiger charge is 2.36. The number of morpholine rings is 1. The van der Waals surface area contributed by atoms with Crippen LogP contribution in [0.5, 0.6) is 0 Å². The second-order valence-corrected chi connectivity index (χ2v) is 9.41. The van der Waals surface area contributed by atoms with Crippen molar-refractivity contribution in [2.45, 2.75) is 52.1 Å². The van der Waals surface area contributed by atoms with E-state index in [2.05, 4.69) is 9.97 Å². The third kappa shape index (κ3) is 5.09. The molecule has 1 amide bonds. The number of alkyl halides is 3. The lowest BCUT2D eigenvalue weighted by molar-refractivity contribution is -0.138. The summed E-state index contributed by atoms with van der Waals surface area (Å²) in [5.41, 5.74) is -0.240. The zero-order valence-electron chi connectivity index (χ0n) is 20.8. The first kappa shape index (κ1) is 25.7. The van der Waals surface area contributed by atoms with Gasteiger partial charge in [-0.3, -0.25) is 9.59 Å². The van der Waals surface area contributed by atoms with Crippen molar-refractivity contribution in [2.24, 2.45) is 0 Å². The molecule has 192 valence electrons. The Morgan fingerprint density at radius 2 is 1.78 bits per heavy atom. The maximum atomic E-state index is 14.0. The van der Waals surface area contributed by atoms with Crippen LogP contribution in [0, 0.1) is 6.92 Å². The number of ether oxygens (including phenoxy) is 1. The summed E-state index contributed by atoms with van der Waals surface area (Å²) >= 11 is 0. The summed E-state index contributed by atoms with van der Waals surface area (Å²) in [6.45, 7) is 7.99. The first-order valence-corrected chi connectivity index (χ1v) is 11.7. The van der Waals surface area contributed by atoms with Crippen molar-refractivity contribution in [3.63, 3.8) is 0 Å². The number of anilines is 1. The molecule has 4 rings (SSSR count). The molecule has 3 aromatic rings. The third-order valence-corrected chi connectivity index (χ3v) is 6.56. The van der Waals surface area contributed by atoms with E-state index in [0.29, 0.717) is 24.3 Å². The van der Waals surface area contributed by atoms with E-state index in [-0.39, 0.29) is 40.4 Å². The van der Waals surface area contributed by atoms with Gasteiger partial charge in [0.05, 0.1) is 34.7 Å². The number of H-pyrrole nitrogens is 1. The number of halogens is 3. The van der Waals surface area contributed by atoms with Gasteiger partial charge in [0.2, 0.25) is 0 Å². The molecule has 1 aliphatic heterocycles. The van der Waals surface area contributed by atoms with Crippen molar-refractivity contribution < 1.29 is 22.7 Å². The summed E-state index contributed by atoms with van der Waals surface area (Å²) in [6.07, 6.45) is -4.74. The van der Waals surface area contributed by atoms with Gasteiger partial charge in [-0.25, -0.2) is 4.98 Å². The van der Waals surface area contributed by atoms with Crippen LogP contribution in [0.2, 0.25) is 0 Å². The summed E-state index contributed by atoms with van der Waals surface area (Å²) in [7, 11) is 1.68. The second-order valence-electron chi connectivity index (χ2n) is 9.41. The number of fused-ring (bicyclic) bond motifs is 1. The van der Waals surface area contributed by atoms with Gasteiger partial charge in [-0.1, -0.05) is 0 Å². The number of carbonyl (C=O) groups is 1. The molecule has 0 bridgehead atoms. The van der Waals surface area contributed by atoms with Gasteiger partial charge in [-0.2, -0.15) is 13.2 Å². The zero-order chi connectivity index (χ0) is 26.4. The van der Waals surface area contributed by atoms with Crippen LogP contribution in [0.4, 0.5) is 18.9 Å². The molecule has 0 aliphatic carbocycles. The maximum Gasteiger partial charge on any atom is 0.416 e. The quantitative estimate of drug-likeness (QED) is 0.560. The summed E-state index contributed by atoms with van der Waals surface area (Å²) in [5, 5.41) is 0.0961. The maximum absolute atomic E-state index is 14.0. The molecular weight excluding hydrogens is 473 g/mol. The standard InChI is InChI=1S/C26H29F3N4O3/c1-14-12-33(13-15(2)36-14)25(35)18-6-8-19(9-7-18)32(5)16(3)20-10-21-23(11-22(20)26(27,28)29)30-17(4)31-24(21)34/h6-11,14-16H,12-13H2,1-5H3,(H,30,31,34). The number of benzene rings is 2. The van der Waals surface area contributed by atoms with Gasteiger partial charge < -0.3 is 19.5 Å². The number of aromatic amines is 1. The van der Waals surface area contributed by atoms with Crippen LogP contribution in [0.15, 0.2) is 41.2 Å². The monoisotopic (exact) mass is 502 g/mol. The van der Waals surface area contributed by atoms with E-state index in [4.69, 9.17) is 4.74 Å². The predicted molar refractivity (Wildman–Crippen MR) is 131 cm³/mol. The molecule has 10 heteroatoms. The minimum atomic E-state index is -4.63. The Labute approximate surface area is 206 Å². The minimum Gasteiger partial charge on any atom is -0.372 e. The molecule has 7 nitrogen and oxygen atoms in total. The van der Waals surface area contributed by atoms with Crippen molar-refractivity contribution in [1.82, 2.24) is 14.9 Å². The summed E-state index contributed by atoms with van der Waals surface area (Å²) < 4.78 is 47.7. The van der Waals surface area contributed by atoms with Crippen LogP contribution in [0.3, 0.4) is 0 Å². The molecule has 1 aromatic heterocycles. The highest BCUT2D eigenvalue weighted by molar-refractivity contribution is 5.94. The number of hydrogen-bond donors (Lipinski definition) is 1. The van der Waals surface area contributed by atoms with Crippen molar-refractivity contribution in [1.29, 1.82) is 0 Å².